The average Bonchev–Trinajstić information content (AvgIpc) is 2.36. The van der Waals surface area contributed by atoms with Gasteiger partial charge in [0.05, 0.1) is 6.10 Å². The van der Waals surface area contributed by atoms with E-state index < -0.39 is 6.10 Å². The maximum absolute atomic E-state index is 13.3. The molecule has 4 heteroatoms. The van der Waals surface area contributed by atoms with Crippen molar-refractivity contribution in [3.8, 4) is 5.75 Å². The van der Waals surface area contributed by atoms with Crippen molar-refractivity contribution < 1.29 is 14.2 Å². The van der Waals surface area contributed by atoms with Crippen molar-refractivity contribution in [3.63, 3.8) is 0 Å². The predicted octanol–water partition coefficient (Wildman–Crippen LogP) is 4.53. The Kier molecular flexibility index (Phi) is 4.78. The number of hydrogen-bond donors (Lipinski definition) is 1. The second-order valence-corrected chi connectivity index (χ2v) is 5.70. The normalized spacial score (nSPS) is 12.2. The summed E-state index contributed by atoms with van der Waals surface area (Å²) in [6, 6.07) is 10.3. The van der Waals surface area contributed by atoms with Crippen LogP contribution in [0.15, 0.2) is 40.9 Å². The maximum atomic E-state index is 13.3. The van der Waals surface area contributed by atoms with E-state index in [1.165, 1.54) is 12.1 Å². The second kappa shape index (κ2) is 6.37. The Bertz CT molecular complexity index is 591. The first-order valence-electron chi connectivity index (χ1n) is 6.32. The zero-order chi connectivity index (χ0) is 14.7. The molecule has 0 unspecified atom stereocenters. The molecule has 0 saturated carbocycles. The summed E-state index contributed by atoms with van der Waals surface area (Å²) in [6.45, 7) is 3.90. The van der Waals surface area contributed by atoms with Crippen molar-refractivity contribution in [1.29, 1.82) is 0 Å². The summed E-state index contributed by atoms with van der Waals surface area (Å²) < 4.78 is 19.7. The molecule has 0 aliphatic rings. The number of hydrogen-bond acceptors (Lipinski definition) is 2. The Balaban J connectivity index is 2.18. The molecule has 1 atom stereocenters. The molecule has 0 fully saturated rings. The predicted molar refractivity (Wildman–Crippen MR) is 80.2 cm³/mol. The monoisotopic (exact) mass is 338 g/mol. The lowest BCUT2D eigenvalue weighted by Gasteiger charge is -2.14. The molecule has 0 amide bonds. The first-order valence-corrected chi connectivity index (χ1v) is 7.11. The highest BCUT2D eigenvalue weighted by Gasteiger charge is 2.10. The van der Waals surface area contributed by atoms with Gasteiger partial charge >= 0.3 is 0 Å². The third-order valence-corrected chi connectivity index (χ3v) is 3.39. The third kappa shape index (κ3) is 3.81. The summed E-state index contributed by atoms with van der Waals surface area (Å²) in [5, 5.41) is 9.77. The largest absolute Gasteiger partial charge is 0.489 e. The molecule has 20 heavy (non-hydrogen) atoms. The van der Waals surface area contributed by atoms with Gasteiger partial charge in [-0.25, -0.2) is 4.39 Å². The summed E-state index contributed by atoms with van der Waals surface area (Å²) in [4.78, 5) is 0. The summed E-state index contributed by atoms with van der Waals surface area (Å²) in [5.41, 5.74) is 2.52. The number of ether oxygens (including phenoxy) is 1. The maximum Gasteiger partial charge on any atom is 0.125 e. The minimum absolute atomic E-state index is 0.249. The average molecular weight is 339 g/mol. The highest BCUT2D eigenvalue weighted by molar-refractivity contribution is 9.10. The number of benzene rings is 2. The molecule has 0 heterocycles. The van der Waals surface area contributed by atoms with Crippen molar-refractivity contribution in [2.24, 2.45) is 0 Å². The van der Waals surface area contributed by atoms with Gasteiger partial charge in [-0.1, -0.05) is 27.6 Å². The van der Waals surface area contributed by atoms with E-state index in [4.69, 9.17) is 4.74 Å². The molecule has 0 aliphatic heterocycles. The fraction of sp³-hybridized carbons (Fsp3) is 0.250. The van der Waals surface area contributed by atoms with Crippen molar-refractivity contribution >= 4 is 15.9 Å². The van der Waals surface area contributed by atoms with Crippen molar-refractivity contribution in [3.05, 3.63) is 63.4 Å². The van der Waals surface area contributed by atoms with E-state index in [1.807, 2.05) is 25.1 Å². The molecule has 0 aliphatic carbocycles. The molecule has 0 radical (unpaired) electrons. The lowest BCUT2D eigenvalue weighted by molar-refractivity contribution is 0.190. The molecular formula is C16H16BrFO2. The van der Waals surface area contributed by atoms with E-state index in [2.05, 4.69) is 15.9 Å². The van der Waals surface area contributed by atoms with Gasteiger partial charge in [-0.05, 0) is 49.7 Å². The van der Waals surface area contributed by atoms with Gasteiger partial charge in [0, 0.05) is 10.0 Å². The van der Waals surface area contributed by atoms with E-state index in [0.29, 0.717) is 10.2 Å². The Morgan fingerprint density at radius 3 is 2.65 bits per heavy atom. The number of aryl methyl sites for hydroxylation is 1. The van der Waals surface area contributed by atoms with Gasteiger partial charge in [0.2, 0.25) is 0 Å². The van der Waals surface area contributed by atoms with Crippen LogP contribution in [0.4, 0.5) is 4.39 Å². The molecule has 0 saturated heterocycles. The highest BCUT2D eigenvalue weighted by Crippen LogP contribution is 2.27. The van der Waals surface area contributed by atoms with Crippen LogP contribution >= 0.6 is 15.9 Å². The lowest BCUT2D eigenvalue weighted by Crippen LogP contribution is -2.02. The van der Waals surface area contributed by atoms with Crippen LogP contribution in [0.2, 0.25) is 0 Å². The fourth-order valence-electron chi connectivity index (χ4n) is 1.98. The van der Waals surface area contributed by atoms with Crippen LogP contribution in [-0.4, -0.2) is 5.11 Å². The van der Waals surface area contributed by atoms with Gasteiger partial charge in [0.15, 0.2) is 0 Å². The first-order chi connectivity index (χ1) is 9.45. The number of halogens is 2. The minimum Gasteiger partial charge on any atom is -0.489 e. The molecule has 2 nitrogen and oxygen atoms in total. The van der Waals surface area contributed by atoms with E-state index in [1.54, 1.807) is 13.0 Å². The lowest BCUT2D eigenvalue weighted by atomic mass is 10.1. The molecule has 0 spiro atoms. The van der Waals surface area contributed by atoms with Crippen molar-refractivity contribution in [1.82, 2.24) is 0 Å². The molecule has 2 aromatic carbocycles. The molecule has 106 valence electrons. The first kappa shape index (κ1) is 15.0. The summed E-state index contributed by atoms with van der Waals surface area (Å²) in [7, 11) is 0. The van der Waals surface area contributed by atoms with E-state index in [9.17, 15) is 9.50 Å². The van der Waals surface area contributed by atoms with E-state index in [-0.39, 0.29) is 12.4 Å². The van der Waals surface area contributed by atoms with Crippen LogP contribution in [-0.2, 0) is 6.61 Å². The smallest absolute Gasteiger partial charge is 0.125 e. The molecule has 0 bridgehead atoms. The molecule has 2 aromatic rings. The molecular weight excluding hydrogens is 323 g/mol. The zero-order valence-electron chi connectivity index (χ0n) is 11.4. The highest BCUT2D eigenvalue weighted by atomic mass is 79.9. The van der Waals surface area contributed by atoms with Crippen molar-refractivity contribution in [2.45, 2.75) is 26.6 Å². The van der Waals surface area contributed by atoms with Gasteiger partial charge in [0.25, 0.3) is 0 Å². The van der Waals surface area contributed by atoms with Crippen LogP contribution in [0, 0.1) is 12.7 Å². The quantitative estimate of drug-likeness (QED) is 0.887. The van der Waals surface area contributed by atoms with Gasteiger partial charge in [-0.15, -0.1) is 0 Å². The third-order valence-electron chi connectivity index (χ3n) is 2.93. The van der Waals surface area contributed by atoms with Crippen LogP contribution in [0.1, 0.15) is 29.7 Å². The standard InChI is InChI=1S/C16H16BrFO2/c1-10-3-4-16(15(5-10)11(2)19)20-9-12-6-13(17)8-14(18)7-12/h3-8,11,19H,9H2,1-2H3/t11-/m1/s1. The molecule has 1 N–H and O–H groups in total. The zero-order valence-corrected chi connectivity index (χ0v) is 12.9. The van der Waals surface area contributed by atoms with Gasteiger partial charge in [0.1, 0.15) is 18.2 Å². The Labute approximate surface area is 126 Å². The fourth-order valence-corrected chi connectivity index (χ4v) is 2.49. The van der Waals surface area contributed by atoms with Crippen LogP contribution < -0.4 is 4.74 Å². The van der Waals surface area contributed by atoms with Gasteiger partial charge in [-0.2, -0.15) is 0 Å². The minimum atomic E-state index is -0.607. The van der Waals surface area contributed by atoms with E-state index >= 15 is 0 Å². The summed E-state index contributed by atoms with van der Waals surface area (Å²) in [6.07, 6.45) is -0.607. The Morgan fingerprint density at radius 2 is 2.00 bits per heavy atom. The van der Waals surface area contributed by atoms with Crippen molar-refractivity contribution in [2.75, 3.05) is 0 Å². The number of aliphatic hydroxyl groups is 1. The second-order valence-electron chi connectivity index (χ2n) is 4.78. The van der Waals surface area contributed by atoms with Crippen LogP contribution in [0.3, 0.4) is 0 Å². The molecule has 2 rings (SSSR count). The number of aliphatic hydroxyl groups excluding tert-OH is 1. The summed E-state index contributed by atoms with van der Waals surface area (Å²) in [5.74, 6) is 0.309. The van der Waals surface area contributed by atoms with Crippen LogP contribution in [0.25, 0.3) is 0 Å². The Morgan fingerprint density at radius 1 is 1.25 bits per heavy atom. The summed E-state index contributed by atoms with van der Waals surface area (Å²) >= 11 is 3.25. The number of rotatable bonds is 4. The van der Waals surface area contributed by atoms with E-state index in [0.717, 1.165) is 16.7 Å². The van der Waals surface area contributed by atoms with Gasteiger partial charge in [-0.3, -0.25) is 0 Å². The molecule has 0 aromatic heterocycles. The Hall–Kier alpha value is -1.39. The van der Waals surface area contributed by atoms with Gasteiger partial charge < -0.3 is 9.84 Å². The van der Waals surface area contributed by atoms with Crippen LogP contribution in [0.5, 0.6) is 5.75 Å². The topological polar surface area (TPSA) is 29.5 Å². The SMILES string of the molecule is Cc1ccc(OCc2cc(F)cc(Br)c2)c([C@@H](C)O)c1.